The molecule has 2 aliphatic rings. The lowest BCUT2D eigenvalue weighted by Crippen LogP contribution is -2.54. The van der Waals surface area contributed by atoms with Crippen molar-refractivity contribution in [1.29, 1.82) is 0 Å². The van der Waals surface area contributed by atoms with E-state index in [1.807, 2.05) is 5.01 Å². The number of nitrogens with zero attached hydrogens (tertiary/aromatic N) is 2. The molecule has 0 unspecified atom stereocenters. The number of piperidine rings is 1. The van der Waals surface area contributed by atoms with Crippen LogP contribution in [-0.2, 0) is 4.79 Å². The molecule has 0 aromatic rings. The monoisotopic (exact) mass is 269 g/mol. The minimum absolute atomic E-state index is 0.0842. The van der Waals surface area contributed by atoms with Crippen LogP contribution in [0, 0.1) is 0 Å². The van der Waals surface area contributed by atoms with Crippen LogP contribution in [0.15, 0.2) is 0 Å². The molecule has 6 heteroatoms. The van der Waals surface area contributed by atoms with E-state index in [0.717, 1.165) is 51.6 Å². The molecule has 0 atom stereocenters. The van der Waals surface area contributed by atoms with E-state index < -0.39 is 5.97 Å². The fraction of sp³-hybridized carbons (Fsp3) is 0.846. The van der Waals surface area contributed by atoms with Gasteiger partial charge in [-0.05, 0) is 25.7 Å². The number of hydrogen-bond donors (Lipinski definition) is 2. The summed E-state index contributed by atoms with van der Waals surface area (Å²) in [6, 6.07) is -0.169. The van der Waals surface area contributed by atoms with Gasteiger partial charge < -0.3 is 10.0 Å². The van der Waals surface area contributed by atoms with Crippen LogP contribution in [0.3, 0.4) is 0 Å². The zero-order valence-corrected chi connectivity index (χ0v) is 11.3. The Labute approximate surface area is 113 Å². The Morgan fingerprint density at radius 3 is 2.32 bits per heavy atom. The average Bonchev–Trinajstić information content (AvgIpc) is 2.90. The van der Waals surface area contributed by atoms with Gasteiger partial charge in [0, 0.05) is 19.1 Å². The smallest absolute Gasteiger partial charge is 0.332 e. The van der Waals surface area contributed by atoms with E-state index in [1.54, 1.807) is 0 Å². The molecule has 2 fully saturated rings. The summed E-state index contributed by atoms with van der Waals surface area (Å²) in [7, 11) is 0. The molecule has 1 aliphatic heterocycles. The Morgan fingerprint density at radius 2 is 1.74 bits per heavy atom. The normalized spacial score (nSPS) is 21.3. The van der Waals surface area contributed by atoms with Gasteiger partial charge in [-0.15, -0.1) is 0 Å². The Hall–Kier alpha value is -1.30. The summed E-state index contributed by atoms with van der Waals surface area (Å²) in [4.78, 5) is 24.7. The van der Waals surface area contributed by atoms with Crippen LogP contribution in [0.2, 0.25) is 0 Å². The minimum atomic E-state index is -0.944. The van der Waals surface area contributed by atoms with Gasteiger partial charge in [0.05, 0.1) is 0 Å². The van der Waals surface area contributed by atoms with Gasteiger partial charge in [0.25, 0.3) is 0 Å². The van der Waals surface area contributed by atoms with Crippen LogP contribution in [0.5, 0.6) is 0 Å². The predicted molar refractivity (Wildman–Crippen MR) is 70.6 cm³/mol. The van der Waals surface area contributed by atoms with Crippen molar-refractivity contribution in [3.8, 4) is 0 Å². The lowest BCUT2D eigenvalue weighted by Gasteiger charge is -2.32. The van der Waals surface area contributed by atoms with E-state index in [2.05, 4.69) is 5.43 Å². The maximum absolute atomic E-state index is 12.2. The van der Waals surface area contributed by atoms with Crippen LogP contribution in [0.1, 0.15) is 44.9 Å². The lowest BCUT2D eigenvalue weighted by atomic mass is 10.2. The van der Waals surface area contributed by atoms with Gasteiger partial charge in [0.1, 0.15) is 6.54 Å². The molecule has 1 saturated heterocycles. The highest BCUT2D eigenvalue weighted by molar-refractivity contribution is 5.80. The van der Waals surface area contributed by atoms with E-state index in [1.165, 1.54) is 11.3 Å². The zero-order valence-electron chi connectivity index (χ0n) is 11.3. The molecular weight excluding hydrogens is 246 g/mol. The second-order valence-corrected chi connectivity index (χ2v) is 5.42. The highest BCUT2D eigenvalue weighted by Crippen LogP contribution is 2.23. The number of nitrogens with one attached hydrogen (secondary N) is 1. The molecule has 0 aromatic heterocycles. The van der Waals surface area contributed by atoms with Crippen molar-refractivity contribution < 1.29 is 14.7 Å². The fourth-order valence-corrected chi connectivity index (χ4v) is 2.93. The number of hydrogen-bond acceptors (Lipinski definition) is 3. The van der Waals surface area contributed by atoms with Crippen molar-refractivity contribution >= 4 is 12.0 Å². The number of aliphatic carboxylic acids is 1. The van der Waals surface area contributed by atoms with Gasteiger partial charge in [0.2, 0.25) is 0 Å². The van der Waals surface area contributed by atoms with Gasteiger partial charge in [-0.3, -0.25) is 10.2 Å². The number of carbonyl (C=O) groups is 2. The molecule has 108 valence electrons. The predicted octanol–water partition coefficient (Wildman–Crippen LogP) is 1.43. The maximum Gasteiger partial charge on any atom is 0.332 e. The Morgan fingerprint density at radius 1 is 1.11 bits per heavy atom. The van der Waals surface area contributed by atoms with Crippen molar-refractivity contribution in [3.05, 3.63) is 0 Å². The van der Waals surface area contributed by atoms with Gasteiger partial charge in [0.15, 0.2) is 0 Å². The molecule has 2 rings (SSSR count). The summed E-state index contributed by atoms with van der Waals surface area (Å²) in [5, 5.41) is 10.9. The Balaban J connectivity index is 1.91. The van der Waals surface area contributed by atoms with Gasteiger partial charge in [-0.2, -0.15) is 0 Å². The molecule has 1 saturated carbocycles. The second-order valence-electron chi connectivity index (χ2n) is 5.42. The van der Waals surface area contributed by atoms with Gasteiger partial charge in [-0.25, -0.2) is 9.80 Å². The molecule has 0 bridgehead atoms. The Bertz CT molecular complexity index is 323. The van der Waals surface area contributed by atoms with Crippen molar-refractivity contribution in [1.82, 2.24) is 15.3 Å². The first kappa shape index (κ1) is 14.1. The number of amides is 2. The standard InChI is InChI=1S/C13H23N3O3/c17-12(18)10-16(11-6-2-3-7-11)13(19)14-15-8-4-1-5-9-15/h11H,1-10H2,(H,14,19)(H,17,18). The molecule has 2 N–H and O–H groups in total. The topological polar surface area (TPSA) is 72.9 Å². The minimum Gasteiger partial charge on any atom is -0.480 e. The number of carboxylic acid groups (broad SMARTS) is 1. The summed E-state index contributed by atoms with van der Waals surface area (Å²) < 4.78 is 0. The van der Waals surface area contributed by atoms with E-state index in [9.17, 15) is 9.59 Å². The zero-order chi connectivity index (χ0) is 13.7. The molecule has 2 amide bonds. The third-order valence-electron chi connectivity index (χ3n) is 3.94. The van der Waals surface area contributed by atoms with E-state index >= 15 is 0 Å². The average molecular weight is 269 g/mol. The summed E-state index contributed by atoms with van der Waals surface area (Å²) in [6.07, 6.45) is 7.37. The maximum atomic E-state index is 12.2. The van der Waals surface area contributed by atoms with Crippen LogP contribution in [0.25, 0.3) is 0 Å². The number of urea groups is 1. The van der Waals surface area contributed by atoms with Crippen molar-refractivity contribution in [2.24, 2.45) is 0 Å². The summed E-state index contributed by atoms with van der Waals surface area (Å²) >= 11 is 0. The highest BCUT2D eigenvalue weighted by atomic mass is 16.4. The van der Waals surface area contributed by atoms with Gasteiger partial charge >= 0.3 is 12.0 Å². The second kappa shape index (κ2) is 6.75. The highest BCUT2D eigenvalue weighted by Gasteiger charge is 2.29. The number of carboxylic acids is 1. The number of hydrazine groups is 1. The SMILES string of the molecule is O=C(O)CN(C(=O)NN1CCCCC1)C1CCCC1. The van der Waals surface area contributed by atoms with Crippen molar-refractivity contribution in [3.63, 3.8) is 0 Å². The molecule has 0 radical (unpaired) electrons. The third kappa shape index (κ3) is 4.09. The number of rotatable bonds is 4. The first-order valence-electron chi connectivity index (χ1n) is 7.21. The van der Waals surface area contributed by atoms with Crippen molar-refractivity contribution in [2.45, 2.75) is 51.0 Å². The molecule has 19 heavy (non-hydrogen) atoms. The molecule has 0 aromatic carbocycles. The summed E-state index contributed by atoms with van der Waals surface area (Å²) in [5.74, 6) is -0.944. The summed E-state index contributed by atoms with van der Waals surface area (Å²) in [5.41, 5.74) is 2.86. The van der Waals surface area contributed by atoms with Crippen molar-refractivity contribution in [2.75, 3.05) is 19.6 Å². The fourth-order valence-electron chi connectivity index (χ4n) is 2.93. The van der Waals surface area contributed by atoms with E-state index in [4.69, 9.17) is 5.11 Å². The first-order chi connectivity index (χ1) is 9.16. The third-order valence-corrected chi connectivity index (χ3v) is 3.94. The van der Waals surface area contributed by atoms with E-state index in [-0.39, 0.29) is 18.6 Å². The number of carbonyl (C=O) groups excluding carboxylic acids is 1. The van der Waals surface area contributed by atoms with Crippen LogP contribution in [-0.4, -0.2) is 52.7 Å². The molecule has 6 nitrogen and oxygen atoms in total. The lowest BCUT2D eigenvalue weighted by molar-refractivity contribution is -0.138. The first-order valence-corrected chi connectivity index (χ1v) is 7.21. The largest absolute Gasteiger partial charge is 0.480 e. The van der Waals surface area contributed by atoms with Crippen LogP contribution in [0.4, 0.5) is 4.79 Å². The van der Waals surface area contributed by atoms with Crippen LogP contribution >= 0.6 is 0 Å². The molecule has 1 heterocycles. The molecular formula is C13H23N3O3. The van der Waals surface area contributed by atoms with Crippen LogP contribution < -0.4 is 5.43 Å². The molecule has 0 spiro atoms. The summed E-state index contributed by atoms with van der Waals surface area (Å²) in [6.45, 7) is 1.51. The quantitative estimate of drug-likeness (QED) is 0.809. The van der Waals surface area contributed by atoms with E-state index in [0.29, 0.717) is 0 Å². The Kier molecular flexibility index (Phi) is 5.01. The molecule has 1 aliphatic carbocycles. The van der Waals surface area contributed by atoms with Gasteiger partial charge in [-0.1, -0.05) is 19.3 Å².